The Morgan fingerprint density at radius 3 is 2.93 bits per heavy atom. The number of hydrogen-bond acceptors (Lipinski definition) is 3. The number of unbranched alkanes of at least 4 members (excludes halogenated alkanes) is 1. The minimum atomic E-state index is 0.153. The molecule has 15 heavy (non-hydrogen) atoms. The van der Waals surface area contributed by atoms with Crippen LogP contribution in [0.2, 0.25) is 0 Å². The van der Waals surface area contributed by atoms with Gasteiger partial charge in [-0.1, -0.05) is 19.4 Å². The first-order valence-corrected chi connectivity index (χ1v) is 5.15. The predicted molar refractivity (Wildman–Crippen MR) is 62.0 cm³/mol. The fourth-order valence-corrected chi connectivity index (χ4v) is 1.22. The van der Waals surface area contributed by atoms with Crippen molar-refractivity contribution in [1.29, 1.82) is 0 Å². The second-order valence-corrected chi connectivity index (χ2v) is 3.29. The summed E-state index contributed by atoms with van der Waals surface area (Å²) in [5, 5.41) is 9.73. The second kappa shape index (κ2) is 6.06. The van der Waals surface area contributed by atoms with Gasteiger partial charge in [-0.15, -0.1) is 0 Å². The molecule has 0 aliphatic carbocycles. The van der Waals surface area contributed by atoms with Crippen LogP contribution in [0.1, 0.15) is 25.3 Å². The average molecular weight is 207 g/mol. The maximum Gasteiger partial charge on any atom is 0.166 e. The zero-order chi connectivity index (χ0) is 11.1. The summed E-state index contributed by atoms with van der Waals surface area (Å²) < 4.78 is 5.00. The molecule has 0 radical (unpaired) electrons. The molecule has 0 saturated carbocycles. The van der Waals surface area contributed by atoms with Crippen LogP contribution >= 0.6 is 0 Å². The van der Waals surface area contributed by atoms with Gasteiger partial charge in [-0.05, 0) is 18.6 Å². The standard InChI is InChI=1S/C12H17NO2/c1-3-4-8-13-9-10-6-5-7-11(15-2)12(10)14/h5-7,9,14H,3-4,8H2,1-2H3/b13-9-. The molecule has 1 rings (SSSR count). The molecule has 0 unspecified atom stereocenters. The first kappa shape index (κ1) is 11.6. The fraction of sp³-hybridized carbons (Fsp3) is 0.417. The molecular formula is C12H17NO2. The molecule has 3 heteroatoms. The van der Waals surface area contributed by atoms with E-state index < -0.39 is 0 Å². The summed E-state index contributed by atoms with van der Waals surface area (Å²) in [6, 6.07) is 5.37. The molecule has 82 valence electrons. The van der Waals surface area contributed by atoms with Crippen molar-refractivity contribution in [2.45, 2.75) is 19.8 Å². The highest BCUT2D eigenvalue weighted by Gasteiger charge is 2.03. The number of hydrogen-bond donors (Lipinski definition) is 1. The van der Waals surface area contributed by atoms with E-state index in [0.29, 0.717) is 11.3 Å². The molecule has 0 bridgehead atoms. The van der Waals surface area contributed by atoms with Crippen molar-refractivity contribution in [2.24, 2.45) is 4.99 Å². The van der Waals surface area contributed by atoms with Gasteiger partial charge in [0.1, 0.15) is 0 Å². The Kier molecular flexibility index (Phi) is 4.68. The Labute approximate surface area is 90.4 Å². The molecule has 0 spiro atoms. The number of phenols is 1. The van der Waals surface area contributed by atoms with E-state index in [2.05, 4.69) is 11.9 Å². The van der Waals surface area contributed by atoms with E-state index in [0.717, 1.165) is 19.4 Å². The van der Waals surface area contributed by atoms with Crippen molar-refractivity contribution in [3.8, 4) is 11.5 Å². The Balaban J connectivity index is 2.72. The van der Waals surface area contributed by atoms with Gasteiger partial charge in [0.2, 0.25) is 0 Å². The molecule has 0 atom stereocenters. The number of methoxy groups -OCH3 is 1. The smallest absolute Gasteiger partial charge is 0.166 e. The highest BCUT2D eigenvalue weighted by atomic mass is 16.5. The molecule has 1 aromatic rings. The normalized spacial score (nSPS) is 10.8. The Bertz CT molecular complexity index is 334. The van der Waals surface area contributed by atoms with Gasteiger partial charge in [0.15, 0.2) is 11.5 Å². The van der Waals surface area contributed by atoms with Crippen LogP contribution in [-0.4, -0.2) is 25.0 Å². The van der Waals surface area contributed by atoms with Gasteiger partial charge < -0.3 is 9.84 Å². The SMILES string of the molecule is CCCC/N=C\c1cccc(OC)c1O. The Morgan fingerprint density at radius 2 is 2.27 bits per heavy atom. The molecule has 0 heterocycles. The third-order valence-corrected chi connectivity index (χ3v) is 2.12. The molecule has 1 N–H and O–H groups in total. The summed E-state index contributed by atoms with van der Waals surface area (Å²) in [5.74, 6) is 0.634. The lowest BCUT2D eigenvalue weighted by Crippen LogP contribution is -1.89. The van der Waals surface area contributed by atoms with Crippen LogP contribution in [0.3, 0.4) is 0 Å². The summed E-state index contributed by atoms with van der Waals surface area (Å²) in [7, 11) is 1.53. The molecule has 0 aromatic heterocycles. The summed E-state index contributed by atoms with van der Waals surface area (Å²) in [5.41, 5.74) is 0.699. The summed E-state index contributed by atoms with van der Waals surface area (Å²) in [6.07, 6.45) is 3.89. The number of aromatic hydroxyl groups is 1. The molecule has 1 aromatic carbocycles. The molecule has 0 aliphatic heterocycles. The van der Waals surface area contributed by atoms with E-state index >= 15 is 0 Å². The van der Waals surface area contributed by atoms with Crippen LogP contribution in [-0.2, 0) is 0 Å². The van der Waals surface area contributed by atoms with Gasteiger partial charge in [-0.3, -0.25) is 4.99 Å². The molecule has 3 nitrogen and oxygen atoms in total. The number of para-hydroxylation sites is 1. The zero-order valence-electron chi connectivity index (χ0n) is 9.23. The lowest BCUT2D eigenvalue weighted by molar-refractivity contribution is 0.373. The van der Waals surface area contributed by atoms with Crippen LogP contribution in [0.15, 0.2) is 23.2 Å². The van der Waals surface area contributed by atoms with Gasteiger partial charge in [-0.25, -0.2) is 0 Å². The van der Waals surface area contributed by atoms with Gasteiger partial charge >= 0.3 is 0 Å². The lowest BCUT2D eigenvalue weighted by Gasteiger charge is -2.04. The predicted octanol–water partition coefficient (Wildman–Crippen LogP) is 2.62. The van der Waals surface area contributed by atoms with Gasteiger partial charge in [0, 0.05) is 18.3 Å². The molecule has 0 aliphatic rings. The van der Waals surface area contributed by atoms with Gasteiger partial charge in [0.05, 0.1) is 7.11 Å². The number of ether oxygens (including phenoxy) is 1. The minimum Gasteiger partial charge on any atom is -0.504 e. The summed E-state index contributed by atoms with van der Waals surface area (Å²) in [4.78, 5) is 4.23. The maximum absolute atomic E-state index is 9.73. The number of phenolic OH excluding ortho intramolecular Hbond substituents is 1. The average Bonchev–Trinajstić information content (AvgIpc) is 2.26. The third kappa shape index (κ3) is 3.27. The lowest BCUT2D eigenvalue weighted by atomic mass is 10.2. The molecule has 0 amide bonds. The van der Waals surface area contributed by atoms with Gasteiger partial charge in [0.25, 0.3) is 0 Å². The topological polar surface area (TPSA) is 41.8 Å². The third-order valence-electron chi connectivity index (χ3n) is 2.12. The molecular weight excluding hydrogens is 190 g/mol. The number of nitrogens with zero attached hydrogens (tertiary/aromatic N) is 1. The number of rotatable bonds is 5. The van der Waals surface area contributed by atoms with Crippen molar-refractivity contribution in [1.82, 2.24) is 0 Å². The maximum atomic E-state index is 9.73. The number of benzene rings is 1. The van der Waals surface area contributed by atoms with Crippen molar-refractivity contribution in [3.05, 3.63) is 23.8 Å². The van der Waals surface area contributed by atoms with Gasteiger partial charge in [-0.2, -0.15) is 0 Å². The van der Waals surface area contributed by atoms with Crippen molar-refractivity contribution < 1.29 is 9.84 Å². The minimum absolute atomic E-state index is 0.153. The summed E-state index contributed by atoms with van der Waals surface area (Å²) in [6.45, 7) is 2.92. The largest absolute Gasteiger partial charge is 0.504 e. The van der Waals surface area contributed by atoms with E-state index in [-0.39, 0.29) is 5.75 Å². The summed E-state index contributed by atoms with van der Waals surface area (Å²) >= 11 is 0. The first-order chi connectivity index (χ1) is 7.29. The quantitative estimate of drug-likeness (QED) is 0.595. The first-order valence-electron chi connectivity index (χ1n) is 5.15. The molecule has 0 saturated heterocycles. The van der Waals surface area contributed by atoms with E-state index in [9.17, 15) is 5.11 Å². The fourth-order valence-electron chi connectivity index (χ4n) is 1.22. The van der Waals surface area contributed by atoms with Crippen molar-refractivity contribution in [3.63, 3.8) is 0 Å². The molecule has 0 fully saturated rings. The monoisotopic (exact) mass is 207 g/mol. The van der Waals surface area contributed by atoms with E-state index in [1.807, 2.05) is 12.1 Å². The van der Waals surface area contributed by atoms with E-state index in [1.165, 1.54) is 7.11 Å². The van der Waals surface area contributed by atoms with Crippen LogP contribution in [0.5, 0.6) is 11.5 Å². The van der Waals surface area contributed by atoms with Crippen LogP contribution < -0.4 is 4.74 Å². The van der Waals surface area contributed by atoms with Crippen molar-refractivity contribution in [2.75, 3.05) is 13.7 Å². The zero-order valence-corrected chi connectivity index (χ0v) is 9.23. The van der Waals surface area contributed by atoms with E-state index in [4.69, 9.17) is 4.74 Å². The second-order valence-electron chi connectivity index (χ2n) is 3.29. The van der Waals surface area contributed by atoms with Crippen LogP contribution in [0.25, 0.3) is 0 Å². The van der Waals surface area contributed by atoms with E-state index in [1.54, 1.807) is 12.3 Å². The highest BCUT2D eigenvalue weighted by Crippen LogP contribution is 2.27. The number of aliphatic imine (C=N–C) groups is 1. The van der Waals surface area contributed by atoms with Crippen LogP contribution in [0, 0.1) is 0 Å². The van der Waals surface area contributed by atoms with Crippen LogP contribution in [0.4, 0.5) is 0 Å². The highest BCUT2D eigenvalue weighted by molar-refractivity contribution is 5.84. The Morgan fingerprint density at radius 1 is 1.47 bits per heavy atom. The van der Waals surface area contributed by atoms with Crippen molar-refractivity contribution >= 4 is 6.21 Å². The Hall–Kier alpha value is -1.51.